The van der Waals surface area contributed by atoms with Gasteiger partial charge in [0.05, 0.1) is 12.7 Å². The lowest BCUT2D eigenvalue weighted by Gasteiger charge is -2.08. The van der Waals surface area contributed by atoms with Crippen LogP contribution in [0.2, 0.25) is 0 Å². The van der Waals surface area contributed by atoms with Crippen molar-refractivity contribution in [3.63, 3.8) is 0 Å². The number of nitrogens with one attached hydrogen (secondary N) is 3. The molecule has 8 heteroatoms. The van der Waals surface area contributed by atoms with Gasteiger partial charge in [-0.2, -0.15) is 0 Å². The van der Waals surface area contributed by atoms with Gasteiger partial charge in [0.2, 0.25) is 0 Å². The Labute approximate surface area is 181 Å². The van der Waals surface area contributed by atoms with Gasteiger partial charge in [-0.15, -0.1) is 0 Å². The summed E-state index contributed by atoms with van der Waals surface area (Å²) in [6, 6.07) is 7.76. The van der Waals surface area contributed by atoms with E-state index in [4.69, 9.17) is 9.47 Å². The molecule has 1 aliphatic rings. The summed E-state index contributed by atoms with van der Waals surface area (Å²) in [4.78, 5) is 39.3. The molecule has 8 nitrogen and oxygen atoms in total. The molecule has 1 saturated carbocycles. The lowest BCUT2D eigenvalue weighted by atomic mass is 10.1. The Bertz CT molecular complexity index is 945. The number of aromatic amines is 1. The molecule has 31 heavy (non-hydrogen) atoms. The molecule has 0 radical (unpaired) electrons. The summed E-state index contributed by atoms with van der Waals surface area (Å²) < 4.78 is 10.3. The Morgan fingerprint density at radius 2 is 1.87 bits per heavy atom. The molecule has 0 atom stereocenters. The number of rotatable bonds is 10. The summed E-state index contributed by atoms with van der Waals surface area (Å²) in [6.07, 6.45) is 3.33. The van der Waals surface area contributed by atoms with E-state index < -0.39 is 5.97 Å². The zero-order valence-corrected chi connectivity index (χ0v) is 18.2. The highest BCUT2D eigenvalue weighted by Gasteiger charge is 2.24. The van der Waals surface area contributed by atoms with Crippen molar-refractivity contribution in [3.8, 4) is 5.75 Å². The minimum absolute atomic E-state index is 0.00864. The van der Waals surface area contributed by atoms with Gasteiger partial charge in [0, 0.05) is 18.3 Å². The van der Waals surface area contributed by atoms with Gasteiger partial charge in [0.15, 0.2) is 6.61 Å². The fourth-order valence-electron chi connectivity index (χ4n) is 3.34. The number of hydrogen-bond donors (Lipinski definition) is 3. The van der Waals surface area contributed by atoms with E-state index in [0.29, 0.717) is 53.7 Å². The van der Waals surface area contributed by atoms with Crippen molar-refractivity contribution in [2.24, 2.45) is 0 Å². The first kappa shape index (κ1) is 22.4. The summed E-state index contributed by atoms with van der Waals surface area (Å²) in [6.45, 7) is 4.10. The molecule has 2 amide bonds. The largest absolute Gasteiger partial charge is 0.484 e. The second kappa shape index (κ2) is 10.1. The second-order valence-corrected chi connectivity index (χ2v) is 7.60. The van der Waals surface area contributed by atoms with Gasteiger partial charge in [0.25, 0.3) is 11.8 Å². The first-order chi connectivity index (χ1) is 14.9. The standard InChI is InChI=1S/C23H29N3O5/c1-4-18-20(23(29)30-3)14(2)21(26-18)22(28)24-12-11-15-5-9-17(10-6-15)31-13-19(27)25-16-7-8-16/h5-6,9-10,16,26H,4,7-8,11-13H2,1-3H3,(H,24,28)(H,25,27). The van der Waals surface area contributed by atoms with Gasteiger partial charge >= 0.3 is 5.97 Å². The number of ether oxygens (including phenoxy) is 2. The number of aromatic nitrogens is 1. The molecular formula is C23H29N3O5. The number of amides is 2. The Kier molecular flexibility index (Phi) is 7.33. The highest BCUT2D eigenvalue weighted by Crippen LogP contribution is 2.20. The van der Waals surface area contributed by atoms with E-state index in [-0.39, 0.29) is 18.4 Å². The van der Waals surface area contributed by atoms with E-state index in [9.17, 15) is 14.4 Å². The Balaban J connectivity index is 1.48. The molecule has 1 aromatic carbocycles. The number of carbonyl (C=O) groups excluding carboxylic acids is 3. The molecule has 166 valence electrons. The highest BCUT2D eigenvalue weighted by molar-refractivity contribution is 6.00. The zero-order chi connectivity index (χ0) is 22.4. The molecule has 3 rings (SSSR count). The first-order valence-electron chi connectivity index (χ1n) is 10.5. The van der Waals surface area contributed by atoms with Gasteiger partial charge in [-0.05, 0) is 55.9 Å². The third kappa shape index (κ3) is 5.87. The summed E-state index contributed by atoms with van der Waals surface area (Å²) in [5.41, 5.74) is 3.12. The van der Waals surface area contributed by atoms with E-state index in [2.05, 4.69) is 15.6 Å². The summed E-state index contributed by atoms with van der Waals surface area (Å²) in [5, 5.41) is 5.76. The summed E-state index contributed by atoms with van der Waals surface area (Å²) >= 11 is 0. The molecule has 0 aliphatic heterocycles. The van der Waals surface area contributed by atoms with Crippen LogP contribution in [0.4, 0.5) is 0 Å². The lowest BCUT2D eigenvalue weighted by Crippen LogP contribution is -2.30. The van der Waals surface area contributed by atoms with Crippen LogP contribution in [0.25, 0.3) is 0 Å². The molecule has 3 N–H and O–H groups in total. The fraction of sp³-hybridized carbons (Fsp3) is 0.435. The van der Waals surface area contributed by atoms with Crippen molar-refractivity contribution in [1.29, 1.82) is 0 Å². The van der Waals surface area contributed by atoms with E-state index in [0.717, 1.165) is 18.4 Å². The van der Waals surface area contributed by atoms with E-state index >= 15 is 0 Å². The second-order valence-electron chi connectivity index (χ2n) is 7.60. The number of aryl methyl sites for hydroxylation is 1. The van der Waals surface area contributed by atoms with Crippen molar-refractivity contribution in [2.75, 3.05) is 20.3 Å². The smallest absolute Gasteiger partial charge is 0.339 e. The topological polar surface area (TPSA) is 110 Å². The molecule has 1 aliphatic carbocycles. The van der Waals surface area contributed by atoms with Crippen LogP contribution < -0.4 is 15.4 Å². The minimum Gasteiger partial charge on any atom is -0.484 e. The van der Waals surface area contributed by atoms with Gasteiger partial charge in [-0.3, -0.25) is 9.59 Å². The van der Waals surface area contributed by atoms with Crippen LogP contribution in [-0.2, 0) is 22.4 Å². The number of carbonyl (C=O) groups is 3. The van der Waals surface area contributed by atoms with Crippen molar-refractivity contribution in [2.45, 2.75) is 45.6 Å². The lowest BCUT2D eigenvalue weighted by molar-refractivity contribution is -0.123. The monoisotopic (exact) mass is 427 g/mol. The maximum Gasteiger partial charge on any atom is 0.339 e. The minimum atomic E-state index is -0.447. The van der Waals surface area contributed by atoms with Crippen LogP contribution in [0.3, 0.4) is 0 Å². The average Bonchev–Trinajstić information content (AvgIpc) is 3.52. The maximum atomic E-state index is 12.6. The van der Waals surface area contributed by atoms with Crippen molar-refractivity contribution in [3.05, 3.63) is 52.3 Å². The Morgan fingerprint density at radius 1 is 1.16 bits per heavy atom. The van der Waals surface area contributed by atoms with Gasteiger partial charge in [0.1, 0.15) is 11.4 Å². The van der Waals surface area contributed by atoms with Crippen LogP contribution >= 0.6 is 0 Å². The summed E-state index contributed by atoms with van der Waals surface area (Å²) in [5.74, 6) is -0.181. The van der Waals surface area contributed by atoms with Gasteiger partial charge < -0.3 is 25.1 Å². The molecular weight excluding hydrogens is 398 g/mol. The van der Waals surface area contributed by atoms with Crippen LogP contribution in [0.5, 0.6) is 5.75 Å². The van der Waals surface area contributed by atoms with Crippen LogP contribution in [0.15, 0.2) is 24.3 Å². The highest BCUT2D eigenvalue weighted by atomic mass is 16.5. The van der Waals surface area contributed by atoms with Crippen LogP contribution in [-0.4, -0.2) is 49.1 Å². The molecule has 1 fully saturated rings. The Morgan fingerprint density at radius 3 is 2.48 bits per heavy atom. The fourth-order valence-corrected chi connectivity index (χ4v) is 3.34. The van der Waals surface area contributed by atoms with Crippen LogP contribution in [0.1, 0.15) is 57.4 Å². The normalized spacial score (nSPS) is 12.9. The molecule has 2 aromatic rings. The molecule has 0 spiro atoms. The number of hydrogen-bond acceptors (Lipinski definition) is 5. The van der Waals surface area contributed by atoms with Crippen LogP contribution in [0, 0.1) is 6.92 Å². The Hall–Kier alpha value is -3.29. The van der Waals surface area contributed by atoms with E-state index in [1.165, 1.54) is 7.11 Å². The van der Waals surface area contributed by atoms with Crippen molar-refractivity contribution >= 4 is 17.8 Å². The first-order valence-corrected chi connectivity index (χ1v) is 10.5. The average molecular weight is 428 g/mol. The van der Waals surface area contributed by atoms with E-state index in [1.807, 2.05) is 31.2 Å². The third-order valence-corrected chi connectivity index (χ3v) is 5.23. The predicted molar refractivity (Wildman–Crippen MR) is 115 cm³/mol. The SMILES string of the molecule is CCc1[nH]c(C(=O)NCCc2ccc(OCC(=O)NC3CC3)cc2)c(C)c1C(=O)OC. The molecule has 1 aromatic heterocycles. The molecule has 0 unspecified atom stereocenters. The number of esters is 1. The molecule has 1 heterocycles. The van der Waals surface area contributed by atoms with Gasteiger partial charge in [-0.1, -0.05) is 19.1 Å². The maximum absolute atomic E-state index is 12.6. The van der Waals surface area contributed by atoms with Crippen molar-refractivity contribution in [1.82, 2.24) is 15.6 Å². The van der Waals surface area contributed by atoms with Gasteiger partial charge in [-0.25, -0.2) is 4.79 Å². The van der Waals surface area contributed by atoms with Crippen molar-refractivity contribution < 1.29 is 23.9 Å². The molecule has 0 saturated heterocycles. The quantitative estimate of drug-likeness (QED) is 0.504. The number of H-pyrrole nitrogens is 1. The predicted octanol–water partition coefficient (Wildman–Crippen LogP) is 2.30. The summed E-state index contributed by atoms with van der Waals surface area (Å²) in [7, 11) is 1.33. The number of methoxy groups -OCH3 is 1. The van der Waals surface area contributed by atoms with E-state index in [1.54, 1.807) is 6.92 Å². The third-order valence-electron chi connectivity index (χ3n) is 5.23. The number of benzene rings is 1. The zero-order valence-electron chi connectivity index (χ0n) is 18.2. The molecule has 0 bridgehead atoms.